The normalized spacial score (nSPS) is 20.1. The van der Waals surface area contributed by atoms with Gasteiger partial charge in [-0.1, -0.05) is 12.5 Å². The van der Waals surface area contributed by atoms with E-state index in [2.05, 4.69) is 10.3 Å². The lowest BCUT2D eigenvalue weighted by atomic mass is 10.0. The summed E-state index contributed by atoms with van der Waals surface area (Å²) in [6.07, 6.45) is 5.78. The fourth-order valence-electron chi connectivity index (χ4n) is 2.54. The molecule has 0 bridgehead atoms. The van der Waals surface area contributed by atoms with Crippen LogP contribution in [0.2, 0.25) is 0 Å². The minimum atomic E-state index is -3.34. The largest absolute Gasteiger partial charge is 0.354 e. The third-order valence-electron chi connectivity index (χ3n) is 3.59. The summed E-state index contributed by atoms with van der Waals surface area (Å²) >= 11 is 0. The summed E-state index contributed by atoms with van der Waals surface area (Å²) in [5.41, 5.74) is 0.904. The molecular weight excluding hydrogens is 290 g/mol. The van der Waals surface area contributed by atoms with Gasteiger partial charge in [0.25, 0.3) is 0 Å². The zero-order chi connectivity index (χ0) is 15.3. The Kier molecular flexibility index (Phi) is 5.30. The minimum absolute atomic E-state index is 0.212. The molecule has 1 aliphatic heterocycles. The number of carbonyl (C=O) groups excluding carboxylic acids is 1. The monoisotopic (exact) mass is 311 g/mol. The molecule has 0 unspecified atom stereocenters. The van der Waals surface area contributed by atoms with E-state index in [0.717, 1.165) is 24.8 Å². The molecule has 1 fully saturated rings. The number of pyridine rings is 1. The molecule has 2 rings (SSSR count). The Bertz CT molecular complexity index is 574. The van der Waals surface area contributed by atoms with Crippen LogP contribution >= 0.6 is 0 Å². The molecule has 0 radical (unpaired) electrons. The molecule has 1 aliphatic rings. The van der Waals surface area contributed by atoms with Gasteiger partial charge in [-0.15, -0.1) is 0 Å². The fraction of sp³-hybridized carbons (Fsp3) is 0.571. The van der Waals surface area contributed by atoms with Gasteiger partial charge in [0.15, 0.2) is 0 Å². The first-order valence-corrected chi connectivity index (χ1v) is 8.98. The van der Waals surface area contributed by atoms with E-state index in [0.29, 0.717) is 25.9 Å². The van der Waals surface area contributed by atoms with Crippen LogP contribution in [0, 0.1) is 0 Å². The maximum Gasteiger partial charge on any atom is 0.238 e. The number of piperidine rings is 1. The van der Waals surface area contributed by atoms with Crippen LogP contribution in [0.25, 0.3) is 0 Å². The van der Waals surface area contributed by atoms with Gasteiger partial charge in [-0.2, -0.15) is 4.31 Å². The van der Waals surface area contributed by atoms with Crippen LogP contribution in [-0.2, 0) is 21.2 Å². The van der Waals surface area contributed by atoms with E-state index in [1.54, 1.807) is 6.20 Å². The standard InChI is InChI=1S/C14H21N3O3S/c1-21(19,20)17-11-5-3-7-13(17)14(18)16-10-8-12-6-2-4-9-15-12/h2,4,6,9,13H,3,5,7-8,10-11H2,1H3,(H,16,18)/t13-/m1/s1. The summed E-state index contributed by atoms with van der Waals surface area (Å²) in [5, 5.41) is 2.82. The number of nitrogens with one attached hydrogen (secondary N) is 1. The molecule has 7 heteroatoms. The van der Waals surface area contributed by atoms with Gasteiger partial charge in [-0.3, -0.25) is 9.78 Å². The second kappa shape index (κ2) is 7.00. The molecule has 1 aromatic heterocycles. The van der Waals surface area contributed by atoms with Crippen molar-refractivity contribution in [2.45, 2.75) is 31.7 Å². The maximum atomic E-state index is 12.2. The Morgan fingerprint density at radius 2 is 2.24 bits per heavy atom. The maximum absolute atomic E-state index is 12.2. The Hall–Kier alpha value is -1.47. The lowest BCUT2D eigenvalue weighted by molar-refractivity contribution is -0.125. The second-order valence-corrected chi connectivity index (χ2v) is 7.18. The number of sulfonamides is 1. The van der Waals surface area contributed by atoms with Gasteiger partial charge in [0.1, 0.15) is 6.04 Å². The topological polar surface area (TPSA) is 79.4 Å². The van der Waals surface area contributed by atoms with E-state index >= 15 is 0 Å². The summed E-state index contributed by atoms with van der Waals surface area (Å²) in [5.74, 6) is -0.212. The van der Waals surface area contributed by atoms with Crippen LogP contribution in [-0.4, -0.2) is 49.0 Å². The van der Waals surface area contributed by atoms with E-state index in [1.165, 1.54) is 4.31 Å². The Morgan fingerprint density at radius 3 is 2.90 bits per heavy atom. The predicted octanol–water partition coefficient (Wildman–Crippen LogP) is 0.554. The highest BCUT2D eigenvalue weighted by atomic mass is 32.2. The van der Waals surface area contributed by atoms with Crippen LogP contribution in [0.1, 0.15) is 25.0 Å². The molecule has 0 aliphatic carbocycles. The van der Waals surface area contributed by atoms with Crippen molar-refractivity contribution in [1.82, 2.24) is 14.6 Å². The van der Waals surface area contributed by atoms with Gasteiger partial charge in [0.05, 0.1) is 6.26 Å². The highest BCUT2D eigenvalue weighted by Gasteiger charge is 2.34. The van der Waals surface area contributed by atoms with Crippen molar-refractivity contribution in [2.24, 2.45) is 0 Å². The van der Waals surface area contributed by atoms with Crippen molar-refractivity contribution in [3.05, 3.63) is 30.1 Å². The Morgan fingerprint density at radius 1 is 1.43 bits per heavy atom. The van der Waals surface area contributed by atoms with Crippen LogP contribution in [0.4, 0.5) is 0 Å². The van der Waals surface area contributed by atoms with E-state index < -0.39 is 16.1 Å². The summed E-state index contributed by atoms with van der Waals surface area (Å²) in [4.78, 5) is 16.4. The van der Waals surface area contributed by atoms with Crippen LogP contribution in [0.5, 0.6) is 0 Å². The first kappa shape index (κ1) is 15.9. The number of hydrogen-bond acceptors (Lipinski definition) is 4. The molecule has 116 valence electrons. The predicted molar refractivity (Wildman–Crippen MR) is 80.1 cm³/mol. The lowest BCUT2D eigenvalue weighted by Gasteiger charge is -2.32. The molecule has 6 nitrogen and oxygen atoms in total. The van der Waals surface area contributed by atoms with Gasteiger partial charge in [0, 0.05) is 31.4 Å². The third kappa shape index (κ3) is 4.50. The van der Waals surface area contributed by atoms with Crippen LogP contribution < -0.4 is 5.32 Å². The van der Waals surface area contributed by atoms with E-state index in [1.807, 2.05) is 18.2 Å². The lowest BCUT2D eigenvalue weighted by Crippen LogP contribution is -2.51. The number of carbonyl (C=O) groups is 1. The Labute approximate surface area is 125 Å². The fourth-order valence-corrected chi connectivity index (χ4v) is 3.67. The van der Waals surface area contributed by atoms with Crippen molar-refractivity contribution in [3.8, 4) is 0 Å². The number of aromatic nitrogens is 1. The molecular formula is C14H21N3O3S. The van der Waals surface area contributed by atoms with Crippen molar-refractivity contribution < 1.29 is 13.2 Å². The first-order valence-electron chi connectivity index (χ1n) is 7.13. The number of nitrogens with zero attached hydrogens (tertiary/aromatic N) is 2. The van der Waals surface area contributed by atoms with Gasteiger partial charge in [-0.25, -0.2) is 8.42 Å². The number of rotatable bonds is 5. The smallest absolute Gasteiger partial charge is 0.238 e. The molecule has 1 saturated heterocycles. The van der Waals surface area contributed by atoms with Gasteiger partial charge in [-0.05, 0) is 25.0 Å². The van der Waals surface area contributed by atoms with Crippen molar-refractivity contribution in [2.75, 3.05) is 19.3 Å². The van der Waals surface area contributed by atoms with Crippen molar-refractivity contribution >= 4 is 15.9 Å². The zero-order valence-corrected chi connectivity index (χ0v) is 13.0. The molecule has 1 amide bonds. The molecule has 1 atom stereocenters. The van der Waals surface area contributed by atoms with Crippen LogP contribution in [0.3, 0.4) is 0 Å². The number of amides is 1. The molecule has 21 heavy (non-hydrogen) atoms. The third-order valence-corrected chi connectivity index (χ3v) is 4.88. The highest BCUT2D eigenvalue weighted by Crippen LogP contribution is 2.19. The van der Waals surface area contributed by atoms with E-state index in [4.69, 9.17) is 0 Å². The molecule has 2 heterocycles. The molecule has 1 aromatic rings. The SMILES string of the molecule is CS(=O)(=O)N1CCCC[C@@H]1C(=O)NCCc1ccccn1. The minimum Gasteiger partial charge on any atom is -0.354 e. The van der Waals surface area contributed by atoms with Crippen molar-refractivity contribution in [1.29, 1.82) is 0 Å². The van der Waals surface area contributed by atoms with E-state index in [-0.39, 0.29) is 5.91 Å². The van der Waals surface area contributed by atoms with Gasteiger partial charge >= 0.3 is 0 Å². The van der Waals surface area contributed by atoms with Gasteiger partial charge in [0.2, 0.25) is 15.9 Å². The van der Waals surface area contributed by atoms with Gasteiger partial charge < -0.3 is 5.32 Å². The first-order chi connectivity index (χ1) is 9.98. The summed E-state index contributed by atoms with van der Waals surface area (Å²) in [7, 11) is -3.34. The molecule has 0 spiro atoms. The average Bonchev–Trinajstić information content (AvgIpc) is 2.47. The quantitative estimate of drug-likeness (QED) is 0.861. The summed E-state index contributed by atoms with van der Waals surface area (Å²) in [6, 6.07) is 5.07. The summed E-state index contributed by atoms with van der Waals surface area (Å²) < 4.78 is 24.8. The average molecular weight is 311 g/mol. The second-order valence-electron chi connectivity index (χ2n) is 5.25. The zero-order valence-electron chi connectivity index (χ0n) is 12.2. The Balaban J connectivity index is 1.89. The molecule has 1 N–H and O–H groups in total. The summed E-state index contributed by atoms with van der Waals surface area (Å²) in [6.45, 7) is 0.890. The van der Waals surface area contributed by atoms with E-state index in [9.17, 15) is 13.2 Å². The molecule has 0 saturated carbocycles. The molecule has 0 aromatic carbocycles. The highest BCUT2D eigenvalue weighted by molar-refractivity contribution is 7.88. The number of hydrogen-bond donors (Lipinski definition) is 1. The van der Waals surface area contributed by atoms with Crippen LogP contribution in [0.15, 0.2) is 24.4 Å². The van der Waals surface area contributed by atoms with Crippen molar-refractivity contribution in [3.63, 3.8) is 0 Å².